The standard InChI is InChI=1S/C21H18FN3O2/c1-14-6-8-15(9-7-14)13-24-20(26)16-10-11-23-19(12-16)21(27)25-18-5-3-2-4-17(18)22/h2-12H,13H2,1H3,(H,24,26)(H,25,27). The van der Waals surface area contributed by atoms with E-state index in [9.17, 15) is 14.0 Å². The van der Waals surface area contributed by atoms with E-state index < -0.39 is 11.7 Å². The van der Waals surface area contributed by atoms with Crippen molar-refractivity contribution in [2.75, 3.05) is 5.32 Å². The molecule has 0 atom stereocenters. The number of aryl methyl sites for hydroxylation is 1. The molecule has 27 heavy (non-hydrogen) atoms. The average Bonchev–Trinajstić information content (AvgIpc) is 2.69. The third-order valence-electron chi connectivity index (χ3n) is 3.95. The molecule has 136 valence electrons. The number of halogens is 1. The number of aromatic nitrogens is 1. The zero-order valence-electron chi connectivity index (χ0n) is 14.7. The topological polar surface area (TPSA) is 71.1 Å². The predicted molar refractivity (Wildman–Crippen MR) is 101 cm³/mol. The molecule has 3 aromatic rings. The normalized spacial score (nSPS) is 10.3. The Hall–Kier alpha value is -3.54. The van der Waals surface area contributed by atoms with E-state index in [1.165, 1.54) is 36.5 Å². The van der Waals surface area contributed by atoms with Crippen LogP contribution < -0.4 is 10.6 Å². The fourth-order valence-corrected chi connectivity index (χ4v) is 2.44. The Balaban J connectivity index is 1.67. The first kappa shape index (κ1) is 18.3. The quantitative estimate of drug-likeness (QED) is 0.726. The van der Waals surface area contributed by atoms with Crippen LogP contribution in [0.1, 0.15) is 32.0 Å². The number of nitrogens with zero attached hydrogens (tertiary/aromatic N) is 1. The molecular weight excluding hydrogens is 345 g/mol. The molecule has 2 aromatic carbocycles. The smallest absolute Gasteiger partial charge is 0.274 e. The van der Waals surface area contributed by atoms with Gasteiger partial charge in [-0.15, -0.1) is 0 Å². The average molecular weight is 363 g/mol. The van der Waals surface area contributed by atoms with Crippen molar-refractivity contribution in [1.29, 1.82) is 0 Å². The number of benzene rings is 2. The summed E-state index contributed by atoms with van der Waals surface area (Å²) < 4.78 is 13.7. The van der Waals surface area contributed by atoms with Gasteiger partial charge < -0.3 is 10.6 Å². The monoisotopic (exact) mass is 363 g/mol. The summed E-state index contributed by atoms with van der Waals surface area (Å²) in [7, 11) is 0. The number of anilines is 1. The summed E-state index contributed by atoms with van der Waals surface area (Å²) in [4.78, 5) is 28.6. The fraction of sp³-hybridized carbons (Fsp3) is 0.0952. The fourth-order valence-electron chi connectivity index (χ4n) is 2.44. The van der Waals surface area contributed by atoms with E-state index in [0.29, 0.717) is 12.1 Å². The maximum absolute atomic E-state index is 13.7. The summed E-state index contributed by atoms with van der Waals surface area (Å²) in [6.45, 7) is 2.37. The van der Waals surface area contributed by atoms with Gasteiger partial charge in [-0.25, -0.2) is 4.39 Å². The Morgan fingerprint density at radius 2 is 1.74 bits per heavy atom. The molecule has 0 aliphatic heterocycles. The van der Waals surface area contributed by atoms with Gasteiger partial charge in [0.15, 0.2) is 0 Å². The van der Waals surface area contributed by atoms with Crippen LogP contribution in [0.3, 0.4) is 0 Å². The Morgan fingerprint density at radius 1 is 1.00 bits per heavy atom. The molecule has 5 nitrogen and oxygen atoms in total. The third-order valence-corrected chi connectivity index (χ3v) is 3.95. The van der Waals surface area contributed by atoms with Crippen molar-refractivity contribution in [2.45, 2.75) is 13.5 Å². The molecule has 0 bridgehead atoms. The number of amides is 2. The van der Waals surface area contributed by atoms with Gasteiger partial charge in [-0.05, 0) is 36.8 Å². The highest BCUT2D eigenvalue weighted by Crippen LogP contribution is 2.14. The summed E-state index contributed by atoms with van der Waals surface area (Å²) in [6.07, 6.45) is 1.37. The van der Waals surface area contributed by atoms with Crippen LogP contribution in [-0.4, -0.2) is 16.8 Å². The van der Waals surface area contributed by atoms with E-state index in [4.69, 9.17) is 0 Å². The van der Waals surface area contributed by atoms with E-state index in [1.54, 1.807) is 6.07 Å². The van der Waals surface area contributed by atoms with Crippen LogP contribution in [0.15, 0.2) is 66.9 Å². The lowest BCUT2D eigenvalue weighted by Gasteiger charge is -2.08. The summed E-state index contributed by atoms with van der Waals surface area (Å²) in [5, 5.41) is 5.25. The van der Waals surface area contributed by atoms with Gasteiger partial charge in [-0.1, -0.05) is 42.0 Å². The van der Waals surface area contributed by atoms with Crippen LogP contribution >= 0.6 is 0 Å². The SMILES string of the molecule is Cc1ccc(CNC(=O)c2ccnc(C(=O)Nc3ccccc3F)c2)cc1. The molecule has 0 aliphatic carbocycles. The molecule has 0 aliphatic rings. The van der Waals surface area contributed by atoms with Crippen LogP contribution in [0.2, 0.25) is 0 Å². The van der Waals surface area contributed by atoms with Crippen molar-refractivity contribution in [3.63, 3.8) is 0 Å². The summed E-state index contributed by atoms with van der Waals surface area (Å²) >= 11 is 0. The lowest BCUT2D eigenvalue weighted by molar-refractivity contribution is 0.0951. The highest BCUT2D eigenvalue weighted by Gasteiger charge is 2.13. The summed E-state index contributed by atoms with van der Waals surface area (Å²) in [5.41, 5.74) is 2.50. The minimum atomic E-state index is -0.590. The van der Waals surface area contributed by atoms with Crippen molar-refractivity contribution < 1.29 is 14.0 Å². The first-order valence-corrected chi connectivity index (χ1v) is 8.38. The third kappa shape index (κ3) is 4.76. The molecule has 0 radical (unpaired) electrons. The van der Waals surface area contributed by atoms with E-state index in [-0.39, 0.29) is 17.3 Å². The Morgan fingerprint density at radius 3 is 2.48 bits per heavy atom. The van der Waals surface area contributed by atoms with Crippen LogP contribution in [0.4, 0.5) is 10.1 Å². The molecule has 0 saturated heterocycles. The first-order valence-electron chi connectivity index (χ1n) is 8.38. The van der Waals surface area contributed by atoms with E-state index in [1.807, 2.05) is 31.2 Å². The second kappa shape index (κ2) is 8.23. The Bertz CT molecular complexity index is 971. The van der Waals surface area contributed by atoms with Crippen LogP contribution in [0.5, 0.6) is 0 Å². The molecule has 0 spiro atoms. The Kier molecular flexibility index (Phi) is 5.56. The highest BCUT2D eigenvalue weighted by atomic mass is 19.1. The lowest BCUT2D eigenvalue weighted by atomic mass is 10.1. The second-order valence-electron chi connectivity index (χ2n) is 6.03. The maximum Gasteiger partial charge on any atom is 0.274 e. The summed E-state index contributed by atoms with van der Waals surface area (Å²) in [5.74, 6) is -1.45. The number of hydrogen-bond acceptors (Lipinski definition) is 3. The van der Waals surface area contributed by atoms with Gasteiger partial charge in [0.2, 0.25) is 0 Å². The van der Waals surface area contributed by atoms with Gasteiger partial charge in [0.25, 0.3) is 11.8 Å². The van der Waals surface area contributed by atoms with Gasteiger partial charge in [0.05, 0.1) is 5.69 Å². The number of carbonyl (C=O) groups is 2. The highest BCUT2D eigenvalue weighted by molar-refractivity contribution is 6.04. The zero-order valence-corrected chi connectivity index (χ0v) is 14.7. The van der Waals surface area contributed by atoms with Gasteiger partial charge in [0.1, 0.15) is 11.5 Å². The minimum absolute atomic E-state index is 0.0289. The molecule has 1 heterocycles. The van der Waals surface area contributed by atoms with Crippen molar-refractivity contribution in [3.8, 4) is 0 Å². The van der Waals surface area contributed by atoms with Gasteiger partial charge in [-0.2, -0.15) is 0 Å². The van der Waals surface area contributed by atoms with Gasteiger partial charge >= 0.3 is 0 Å². The van der Waals surface area contributed by atoms with Gasteiger partial charge in [0, 0.05) is 18.3 Å². The summed E-state index contributed by atoms with van der Waals surface area (Å²) in [6, 6.07) is 16.6. The molecule has 0 unspecified atom stereocenters. The van der Waals surface area contributed by atoms with Crippen LogP contribution in [0.25, 0.3) is 0 Å². The van der Waals surface area contributed by atoms with Crippen molar-refractivity contribution in [1.82, 2.24) is 10.3 Å². The molecule has 2 N–H and O–H groups in total. The van der Waals surface area contributed by atoms with Crippen LogP contribution in [-0.2, 0) is 6.54 Å². The minimum Gasteiger partial charge on any atom is -0.348 e. The molecular formula is C21H18FN3O2. The number of pyridine rings is 1. The predicted octanol–water partition coefficient (Wildman–Crippen LogP) is 3.71. The number of hydrogen-bond donors (Lipinski definition) is 2. The van der Waals surface area contributed by atoms with E-state index >= 15 is 0 Å². The number of rotatable bonds is 5. The molecule has 0 fully saturated rings. The van der Waals surface area contributed by atoms with Crippen LogP contribution in [0, 0.1) is 12.7 Å². The molecule has 1 aromatic heterocycles. The Labute approximate surface area is 156 Å². The number of carbonyl (C=O) groups excluding carboxylic acids is 2. The molecule has 0 saturated carbocycles. The zero-order chi connectivity index (χ0) is 19.2. The van der Waals surface area contributed by atoms with Crippen molar-refractivity contribution >= 4 is 17.5 Å². The second-order valence-corrected chi connectivity index (χ2v) is 6.03. The molecule has 6 heteroatoms. The largest absolute Gasteiger partial charge is 0.348 e. The molecule has 2 amide bonds. The van der Waals surface area contributed by atoms with E-state index in [0.717, 1.165) is 11.1 Å². The van der Waals surface area contributed by atoms with E-state index in [2.05, 4.69) is 15.6 Å². The first-order chi connectivity index (χ1) is 13.0. The van der Waals surface area contributed by atoms with Crippen molar-refractivity contribution in [2.24, 2.45) is 0 Å². The lowest BCUT2D eigenvalue weighted by Crippen LogP contribution is -2.23. The van der Waals surface area contributed by atoms with Gasteiger partial charge in [-0.3, -0.25) is 14.6 Å². The number of para-hydroxylation sites is 1. The maximum atomic E-state index is 13.7. The number of nitrogens with one attached hydrogen (secondary N) is 2. The van der Waals surface area contributed by atoms with Crippen molar-refractivity contribution in [3.05, 3.63) is 95.1 Å². The molecule has 3 rings (SSSR count).